The standard InChI is InChI=1S/C25H26N2O5S/c1-18-15-22(33(29,30)27-14-13-20-5-3-4-6-23(20)27)11-12-24(18)32-17-25(28)26-16-19-7-9-21(31-2)10-8-19/h3-12,15H,13-14,16-17H2,1-2H3,(H,26,28). The lowest BCUT2D eigenvalue weighted by Crippen LogP contribution is -2.29. The fraction of sp³-hybridized carbons (Fsp3) is 0.240. The van der Waals surface area contributed by atoms with E-state index in [-0.39, 0.29) is 17.4 Å². The maximum absolute atomic E-state index is 13.2. The van der Waals surface area contributed by atoms with Gasteiger partial charge in [-0.2, -0.15) is 0 Å². The van der Waals surface area contributed by atoms with Crippen molar-refractivity contribution in [2.24, 2.45) is 0 Å². The van der Waals surface area contributed by atoms with Crippen molar-refractivity contribution in [2.75, 3.05) is 24.6 Å². The van der Waals surface area contributed by atoms with Crippen LogP contribution >= 0.6 is 0 Å². The molecule has 1 heterocycles. The van der Waals surface area contributed by atoms with Gasteiger partial charge in [-0.15, -0.1) is 0 Å². The Kier molecular flexibility index (Phi) is 6.55. The molecule has 3 aromatic carbocycles. The number of sulfonamides is 1. The van der Waals surface area contributed by atoms with E-state index in [1.165, 1.54) is 10.4 Å². The van der Waals surface area contributed by atoms with Crippen LogP contribution in [0.4, 0.5) is 5.69 Å². The van der Waals surface area contributed by atoms with E-state index in [9.17, 15) is 13.2 Å². The molecule has 0 spiro atoms. The third-order valence-electron chi connectivity index (χ3n) is 5.59. The molecule has 3 aromatic rings. The second-order valence-electron chi connectivity index (χ2n) is 7.80. The number of carbonyl (C=O) groups excluding carboxylic acids is 1. The average molecular weight is 467 g/mol. The molecule has 7 nitrogen and oxygen atoms in total. The summed E-state index contributed by atoms with van der Waals surface area (Å²) in [7, 11) is -2.08. The van der Waals surface area contributed by atoms with Crippen molar-refractivity contribution in [2.45, 2.75) is 24.8 Å². The number of amides is 1. The Morgan fingerprint density at radius 1 is 1.06 bits per heavy atom. The monoisotopic (exact) mass is 466 g/mol. The molecule has 0 saturated heterocycles. The van der Waals surface area contributed by atoms with Crippen LogP contribution in [0.3, 0.4) is 0 Å². The minimum Gasteiger partial charge on any atom is -0.497 e. The lowest BCUT2D eigenvalue weighted by Gasteiger charge is -2.20. The van der Waals surface area contributed by atoms with Crippen molar-refractivity contribution in [3.63, 3.8) is 0 Å². The predicted octanol–water partition coefficient (Wildman–Crippen LogP) is 3.45. The van der Waals surface area contributed by atoms with E-state index in [0.29, 0.717) is 30.8 Å². The molecule has 0 aliphatic carbocycles. The molecule has 0 radical (unpaired) electrons. The molecule has 33 heavy (non-hydrogen) atoms. The van der Waals surface area contributed by atoms with Crippen LogP contribution in [0.2, 0.25) is 0 Å². The third-order valence-corrected chi connectivity index (χ3v) is 7.40. The van der Waals surface area contributed by atoms with Crippen LogP contribution in [-0.4, -0.2) is 34.6 Å². The van der Waals surface area contributed by atoms with Gasteiger partial charge >= 0.3 is 0 Å². The van der Waals surface area contributed by atoms with Gasteiger partial charge in [-0.05, 0) is 66.4 Å². The normalized spacial score (nSPS) is 12.8. The Morgan fingerprint density at radius 2 is 1.82 bits per heavy atom. The van der Waals surface area contributed by atoms with E-state index in [4.69, 9.17) is 9.47 Å². The summed E-state index contributed by atoms with van der Waals surface area (Å²) in [5, 5.41) is 2.80. The molecule has 1 N–H and O–H groups in total. The van der Waals surface area contributed by atoms with Crippen LogP contribution in [-0.2, 0) is 27.8 Å². The van der Waals surface area contributed by atoms with E-state index >= 15 is 0 Å². The number of para-hydroxylation sites is 1. The van der Waals surface area contributed by atoms with Gasteiger partial charge in [0.05, 0.1) is 17.7 Å². The Balaban J connectivity index is 1.37. The number of anilines is 1. The Hall–Kier alpha value is -3.52. The van der Waals surface area contributed by atoms with Gasteiger partial charge in [0.2, 0.25) is 0 Å². The number of nitrogens with one attached hydrogen (secondary N) is 1. The van der Waals surface area contributed by atoms with Crippen molar-refractivity contribution in [1.29, 1.82) is 0 Å². The SMILES string of the molecule is COc1ccc(CNC(=O)COc2ccc(S(=O)(=O)N3CCc4ccccc43)cc2C)cc1. The number of benzene rings is 3. The maximum atomic E-state index is 13.2. The number of methoxy groups -OCH3 is 1. The molecule has 1 aliphatic heterocycles. The Morgan fingerprint density at radius 3 is 2.55 bits per heavy atom. The number of ether oxygens (including phenoxy) is 2. The third kappa shape index (κ3) is 4.96. The molecule has 0 bridgehead atoms. The molecule has 1 amide bonds. The van der Waals surface area contributed by atoms with Gasteiger partial charge in [0.1, 0.15) is 11.5 Å². The number of fused-ring (bicyclic) bond motifs is 1. The van der Waals surface area contributed by atoms with Crippen LogP contribution in [0, 0.1) is 6.92 Å². The zero-order chi connectivity index (χ0) is 23.4. The van der Waals surface area contributed by atoms with Crippen molar-refractivity contribution in [3.05, 3.63) is 83.4 Å². The fourth-order valence-corrected chi connectivity index (χ4v) is 5.36. The first-order valence-corrected chi connectivity index (χ1v) is 12.1. The summed E-state index contributed by atoms with van der Waals surface area (Å²) in [5.74, 6) is 0.953. The molecular formula is C25H26N2O5S. The summed E-state index contributed by atoms with van der Waals surface area (Å²) in [6.07, 6.45) is 0.696. The average Bonchev–Trinajstić information content (AvgIpc) is 3.27. The zero-order valence-electron chi connectivity index (χ0n) is 18.6. The van der Waals surface area contributed by atoms with Crippen LogP contribution in [0.5, 0.6) is 11.5 Å². The fourth-order valence-electron chi connectivity index (χ4n) is 3.77. The number of hydrogen-bond donors (Lipinski definition) is 1. The second-order valence-corrected chi connectivity index (χ2v) is 9.66. The highest BCUT2D eigenvalue weighted by Gasteiger charge is 2.30. The Bertz CT molecular complexity index is 1260. The molecule has 0 fully saturated rings. The Labute approximate surface area is 194 Å². The summed E-state index contributed by atoms with van der Waals surface area (Å²) < 4.78 is 38.6. The molecule has 1 aliphatic rings. The molecule has 0 saturated carbocycles. The largest absolute Gasteiger partial charge is 0.497 e. The van der Waals surface area contributed by atoms with Gasteiger partial charge in [0, 0.05) is 13.1 Å². The first-order valence-electron chi connectivity index (χ1n) is 10.6. The summed E-state index contributed by atoms with van der Waals surface area (Å²) >= 11 is 0. The van der Waals surface area contributed by atoms with Crippen LogP contribution in [0.1, 0.15) is 16.7 Å². The number of nitrogens with zero attached hydrogens (tertiary/aromatic N) is 1. The van der Waals surface area contributed by atoms with Gasteiger partial charge < -0.3 is 14.8 Å². The summed E-state index contributed by atoms with van der Waals surface area (Å²) in [6, 6.07) is 19.7. The highest BCUT2D eigenvalue weighted by molar-refractivity contribution is 7.92. The molecule has 172 valence electrons. The van der Waals surface area contributed by atoms with E-state index in [1.54, 1.807) is 26.2 Å². The molecule has 0 aromatic heterocycles. The number of aryl methyl sites for hydroxylation is 1. The first-order chi connectivity index (χ1) is 15.9. The van der Waals surface area contributed by atoms with Crippen molar-refractivity contribution in [3.8, 4) is 11.5 Å². The predicted molar refractivity (Wildman–Crippen MR) is 126 cm³/mol. The maximum Gasteiger partial charge on any atom is 0.264 e. The van der Waals surface area contributed by atoms with E-state index in [1.807, 2.05) is 48.5 Å². The molecular weight excluding hydrogens is 440 g/mol. The van der Waals surface area contributed by atoms with E-state index in [0.717, 1.165) is 22.6 Å². The lowest BCUT2D eigenvalue weighted by atomic mass is 10.2. The summed E-state index contributed by atoms with van der Waals surface area (Å²) in [5.41, 5.74) is 3.34. The van der Waals surface area contributed by atoms with Crippen molar-refractivity contribution >= 4 is 21.6 Å². The summed E-state index contributed by atoms with van der Waals surface area (Å²) in [4.78, 5) is 12.4. The number of hydrogen-bond acceptors (Lipinski definition) is 5. The van der Waals surface area contributed by atoms with E-state index < -0.39 is 10.0 Å². The quantitative estimate of drug-likeness (QED) is 0.550. The minimum atomic E-state index is -3.68. The first kappa shape index (κ1) is 22.7. The van der Waals surface area contributed by atoms with E-state index in [2.05, 4.69) is 5.32 Å². The highest BCUT2D eigenvalue weighted by atomic mass is 32.2. The number of rotatable bonds is 8. The van der Waals surface area contributed by atoms with Gasteiger partial charge in [0.25, 0.3) is 15.9 Å². The van der Waals surface area contributed by atoms with Gasteiger partial charge in [-0.1, -0.05) is 30.3 Å². The summed E-state index contributed by atoms with van der Waals surface area (Å²) in [6.45, 7) is 2.40. The van der Waals surface area contributed by atoms with Crippen molar-refractivity contribution < 1.29 is 22.7 Å². The van der Waals surface area contributed by atoms with Gasteiger partial charge in [-0.3, -0.25) is 9.10 Å². The molecule has 0 unspecified atom stereocenters. The number of carbonyl (C=O) groups is 1. The molecule has 0 atom stereocenters. The topological polar surface area (TPSA) is 84.9 Å². The van der Waals surface area contributed by atoms with Gasteiger partial charge in [-0.25, -0.2) is 8.42 Å². The van der Waals surface area contributed by atoms with Crippen LogP contribution in [0.15, 0.2) is 71.6 Å². The van der Waals surface area contributed by atoms with Gasteiger partial charge in [0.15, 0.2) is 6.61 Å². The van der Waals surface area contributed by atoms with Crippen molar-refractivity contribution in [1.82, 2.24) is 5.32 Å². The second kappa shape index (κ2) is 9.54. The highest BCUT2D eigenvalue weighted by Crippen LogP contribution is 2.33. The molecule has 8 heteroatoms. The smallest absolute Gasteiger partial charge is 0.264 e. The minimum absolute atomic E-state index is 0.164. The van der Waals surface area contributed by atoms with Crippen LogP contribution in [0.25, 0.3) is 0 Å². The molecule has 4 rings (SSSR count). The zero-order valence-corrected chi connectivity index (χ0v) is 19.4. The van der Waals surface area contributed by atoms with Crippen LogP contribution < -0.4 is 19.1 Å². The lowest BCUT2D eigenvalue weighted by molar-refractivity contribution is -0.123.